The fourth-order valence-electron chi connectivity index (χ4n) is 4.47. The van der Waals surface area contributed by atoms with Crippen LogP contribution in [0.4, 0.5) is 11.4 Å². The molecule has 46 heavy (non-hydrogen) atoms. The molecule has 1 atom stereocenters. The lowest BCUT2D eigenvalue weighted by Crippen LogP contribution is -2.30. The summed E-state index contributed by atoms with van der Waals surface area (Å²) in [5.74, 6) is -0.454. The van der Waals surface area contributed by atoms with Crippen LogP contribution in [-0.4, -0.2) is 28.0 Å². The van der Waals surface area contributed by atoms with Crippen LogP contribution in [0, 0.1) is 0 Å². The first-order valence-electron chi connectivity index (χ1n) is 14.4. The second-order valence-electron chi connectivity index (χ2n) is 10.2. The van der Waals surface area contributed by atoms with Crippen LogP contribution in [0.1, 0.15) is 22.8 Å². The molecule has 2 heterocycles. The number of nitrogens with one attached hydrogen (secondary N) is 3. The van der Waals surface area contributed by atoms with E-state index in [1.54, 1.807) is 42.5 Å². The minimum atomic E-state index is -0.453. The van der Waals surface area contributed by atoms with Gasteiger partial charge in [0.1, 0.15) is 11.2 Å². The lowest BCUT2D eigenvalue weighted by atomic mass is 10.2. The maximum absolute atomic E-state index is 13.2. The number of thioether (sulfide) groups is 1. The van der Waals surface area contributed by atoms with Crippen molar-refractivity contribution in [3.8, 4) is 11.5 Å². The third-order valence-electron chi connectivity index (χ3n) is 6.87. The lowest BCUT2D eigenvalue weighted by Gasteiger charge is -2.13. The van der Waals surface area contributed by atoms with Gasteiger partial charge in [-0.3, -0.25) is 14.4 Å². The Bertz CT molecular complexity index is 1970. The number of hydrogen-bond donors (Lipinski definition) is 3. The van der Waals surface area contributed by atoms with E-state index in [4.69, 9.17) is 4.42 Å². The van der Waals surface area contributed by atoms with Crippen molar-refractivity contribution in [1.82, 2.24) is 10.3 Å². The number of thiophene rings is 1. The van der Waals surface area contributed by atoms with E-state index in [0.717, 1.165) is 27.1 Å². The summed E-state index contributed by atoms with van der Waals surface area (Å²) in [4.78, 5) is 44.3. The molecule has 8 nitrogen and oxygen atoms in total. The van der Waals surface area contributed by atoms with Crippen LogP contribution in [0.3, 0.4) is 0 Å². The van der Waals surface area contributed by atoms with E-state index in [9.17, 15) is 14.4 Å². The largest absolute Gasteiger partial charge is 0.436 e. The molecular weight excluding hydrogens is 617 g/mol. The number of para-hydroxylation sites is 2. The Morgan fingerprint density at radius 3 is 2.24 bits per heavy atom. The summed E-state index contributed by atoms with van der Waals surface area (Å²) in [6.07, 6.45) is 1.64. The van der Waals surface area contributed by atoms with Gasteiger partial charge in [0.2, 0.25) is 11.8 Å². The van der Waals surface area contributed by atoms with Crippen LogP contribution in [0.2, 0.25) is 0 Å². The third kappa shape index (κ3) is 7.60. The van der Waals surface area contributed by atoms with Crippen molar-refractivity contribution in [2.24, 2.45) is 0 Å². The zero-order chi connectivity index (χ0) is 31.9. The molecule has 3 N–H and O–H groups in total. The van der Waals surface area contributed by atoms with Crippen LogP contribution in [0.25, 0.3) is 28.6 Å². The molecule has 3 amide bonds. The average molecular weight is 645 g/mol. The lowest BCUT2D eigenvalue weighted by molar-refractivity contribution is -0.115. The highest BCUT2D eigenvalue weighted by atomic mass is 32.2. The van der Waals surface area contributed by atoms with Crippen molar-refractivity contribution >= 4 is 69.4 Å². The highest BCUT2D eigenvalue weighted by molar-refractivity contribution is 8.00. The Morgan fingerprint density at radius 2 is 1.52 bits per heavy atom. The Hall–Kier alpha value is -5.45. The van der Waals surface area contributed by atoms with E-state index in [0.29, 0.717) is 22.8 Å². The molecule has 0 radical (unpaired) electrons. The van der Waals surface area contributed by atoms with Crippen LogP contribution in [-0.2, 0) is 9.59 Å². The first-order chi connectivity index (χ1) is 22.4. The number of hydrogen-bond acceptors (Lipinski definition) is 7. The molecule has 0 aliphatic heterocycles. The maximum atomic E-state index is 13.2. The predicted molar refractivity (Wildman–Crippen MR) is 185 cm³/mol. The van der Waals surface area contributed by atoms with E-state index < -0.39 is 5.91 Å². The van der Waals surface area contributed by atoms with E-state index in [1.165, 1.54) is 23.1 Å². The van der Waals surface area contributed by atoms with Crippen LogP contribution < -0.4 is 16.0 Å². The number of benzene rings is 4. The van der Waals surface area contributed by atoms with Gasteiger partial charge < -0.3 is 20.4 Å². The van der Waals surface area contributed by atoms with Gasteiger partial charge in [-0.2, -0.15) is 11.3 Å². The highest BCUT2D eigenvalue weighted by Gasteiger charge is 2.17. The monoisotopic (exact) mass is 644 g/mol. The van der Waals surface area contributed by atoms with Gasteiger partial charge in [0.15, 0.2) is 5.58 Å². The summed E-state index contributed by atoms with van der Waals surface area (Å²) in [5, 5.41) is 11.9. The second-order valence-corrected chi connectivity index (χ2v) is 12.4. The molecule has 0 spiro atoms. The zero-order valence-electron chi connectivity index (χ0n) is 24.6. The number of carbonyl (C=O) groups is 3. The number of carbonyl (C=O) groups excluding carboxylic acids is 3. The topological polar surface area (TPSA) is 113 Å². The Balaban J connectivity index is 1.05. The molecule has 0 aliphatic rings. The number of oxazole rings is 1. The Morgan fingerprint density at radius 1 is 0.826 bits per heavy atom. The van der Waals surface area contributed by atoms with Crippen molar-refractivity contribution in [2.75, 3.05) is 10.6 Å². The molecule has 1 unspecified atom stereocenters. The van der Waals surface area contributed by atoms with Gasteiger partial charge in [0.05, 0.1) is 5.25 Å². The van der Waals surface area contributed by atoms with Crippen LogP contribution in [0.5, 0.6) is 0 Å². The van der Waals surface area contributed by atoms with E-state index in [-0.39, 0.29) is 22.8 Å². The number of rotatable bonds is 10. The van der Waals surface area contributed by atoms with E-state index in [2.05, 4.69) is 20.9 Å². The highest BCUT2D eigenvalue weighted by Crippen LogP contribution is 2.28. The predicted octanol–water partition coefficient (Wildman–Crippen LogP) is 8.09. The van der Waals surface area contributed by atoms with Crippen molar-refractivity contribution < 1.29 is 18.8 Å². The van der Waals surface area contributed by atoms with Crippen molar-refractivity contribution in [1.29, 1.82) is 0 Å². The molecule has 228 valence electrons. The summed E-state index contributed by atoms with van der Waals surface area (Å²) < 4.78 is 5.83. The molecule has 6 rings (SSSR count). The molecule has 0 saturated carbocycles. The summed E-state index contributed by atoms with van der Waals surface area (Å²) in [5.41, 5.74) is 4.93. The third-order valence-corrected chi connectivity index (χ3v) is 8.68. The normalized spacial score (nSPS) is 12.0. The molecular formula is C36H28N4O4S2. The summed E-state index contributed by atoms with van der Waals surface area (Å²) >= 11 is 2.89. The van der Waals surface area contributed by atoms with Gasteiger partial charge >= 0.3 is 0 Å². The minimum absolute atomic E-state index is 0.123. The van der Waals surface area contributed by atoms with Gasteiger partial charge in [-0.25, -0.2) is 4.98 Å². The van der Waals surface area contributed by atoms with E-state index >= 15 is 0 Å². The van der Waals surface area contributed by atoms with Gasteiger partial charge in [-0.1, -0.05) is 30.3 Å². The first kappa shape index (κ1) is 30.6. The maximum Gasteiger partial charge on any atom is 0.272 e. The Kier molecular flexibility index (Phi) is 9.37. The molecule has 0 aliphatic carbocycles. The molecule has 0 bridgehead atoms. The first-order valence-corrected chi connectivity index (χ1v) is 16.2. The summed E-state index contributed by atoms with van der Waals surface area (Å²) in [6.45, 7) is 1.83. The number of amides is 3. The van der Waals surface area contributed by atoms with Crippen molar-refractivity contribution in [2.45, 2.75) is 17.1 Å². The summed E-state index contributed by atoms with van der Waals surface area (Å²) in [6, 6.07) is 32.7. The SMILES string of the molecule is CC(Sc1ccc(NC(=O)/C(=C/c2ccsc2)NC(=O)c2ccccc2)cc1)C(=O)Nc1ccc(-c2nc3ccccc3o2)cc1. The quantitative estimate of drug-likeness (QED) is 0.103. The average Bonchev–Trinajstić information content (AvgIpc) is 3.76. The second kappa shape index (κ2) is 14.1. The van der Waals surface area contributed by atoms with Crippen LogP contribution >= 0.6 is 23.1 Å². The fourth-order valence-corrected chi connectivity index (χ4v) is 5.96. The minimum Gasteiger partial charge on any atom is -0.436 e. The van der Waals surface area contributed by atoms with Gasteiger partial charge in [0.25, 0.3) is 11.8 Å². The standard InChI is InChI=1S/C36H28N4O4S2/c1-23(33(41)37-27-13-11-26(12-14-27)36-40-30-9-5-6-10-32(30)44-36)46-29-17-15-28(16-18-29)38-35(43)31(21-24-19-20-45-22-24)39-34(42)25-7-3-2-4-8-25/h2-23H,1H3,(H,37,41)(H,38,43)(H,39,42)/b31-21-. The zero-order valence-corrected chi connectivity index (χ0v) is 26.2. The number of nitrogens with zero attached hydrogens (tertiary/aromatic N) is 1. The summed E-state index contributed by atoms with van der Waals surface area (Å²) in [7, 11) is 0. The van der Waals surface area contributed by atoms with Crippen LogP contribution in [0.15, 0.2) is 135 Å². The number of aromatic nitrogens is 1. The molecule has 4 aromatic carbocycles. The van der Waals surface area contributed by atoms with Gasteiger partial charge in [0, 0.05) is 27.4 Å². The van der Waals surface area contributed by atoms with Gasteiger partial charge in [-0.15, -0.1) is 11.8 Å². The number of fused-ring (bicyclic) bond motifs is 1. The molecule has 10 heteroatoms. The molecule has 6 aromatic rings. The van der Waals surface area contributed by atoms with Gasteiger partial charge in [-0.05, 0) is 108 Å². The van der Waals surface area contributed by atoms with Crippen molar-refractivity contribution in [3.63, 3.8) is 0 Å². The number of anilines is 2. The fraction of sp³-hybridized carbons (Fsp3) is 0.0556. The molecule has 0 fully saturated rings. The Labute approximate surface area is 273 Å². The smallest absolute Gasteiger partial charge is 0.272 e. The molecule has 2 aromatic heterocycles. The van der Waals surface area contributed by atoms with E-state index in [1.807, 2.05) is 90.5 Å². The van der Waals surface area contributed by atoms with Crippen molar-refractivity contribution in [3.05, 3.63) is 137 Å². The molecule has 0 saturated heterocycles.